The molecular formula is C7H12O2. The van der Waals surface area contributed by atoms with Crippen molar-refractivity contribution in [1.29, 1.82) is 0 Å². The normalized spacial score (nSPS) is 10.2. The van der Waals surface area contributed by atoms with Crippen molar-refractivity contribution in [1.82, 2.24) is 0 Å². The third-order valence-electron chi connectivity index (χ3n) is 0.700. The van der Waals surface area contributed by atoms with Crippen LogP contribution in [0.3, 0.4) is 0 Å². The quantitative estimate of drug-likeness (QED) is 0.398. The second-order valence-corrected chi connectivity index (χ2v) is 2.07. The first-order chi connectivity index (χ1) is 4.06. The highest BCUT2D eigenvalue weighted by Crippen LogP contribution is 1.92. The molecule has 0 atom stereocenters. The van der Waals surface area contributed by atoms with Gasteiger partial charge in [-0.2, -0.15) is 0 Å². The van der Waals surface area contributed by atoms with E-state index in [-0.39, 0.29) is 0 Å². The zero-order valence-corrected chi connectivity index (χ0v) is 5.81. The summed E-state index contributed by atoms with van der Waals surface area (Å²) in [5, 5.41) is 17.3. The molecule has 52 valence electrons. The Morgan fingerprint density at radius 3 is 2.33 bits per heavy atom. The van der Waals surface area contributed by atoms with Gasteiger partial charge in [-0.3, -0.25) is 0 Å². The second kappa shape index (κ2) is 3.49. The first-order valence-corrected chi connectivity index (χ1v) is 3.01. The van der Waals surface area contributed by atoms with Crippen molar-refractivity contribution in [2.75, 3.05) is 0 Å². The van der Waals surface area contributed by atoms with Crippen molar-refractivity contribution in [2.24, 2.45) is 0 Å². The maximum absolute atomic E-state index is 8.63. The predicted molar refractivity (Wildman–Crippen MR) is 35.5 cm³/mol. The standard InChI is InChI=1S/C7H12O2/c1-3-4-5-6-7(2,8)9/h8-9H,3-4H2,1-2H3. The summed E-state index contributed by atoms with van der Waals surface area (Å²) >= 11 is 0. The molecule has 0 aliphatic carbocycles. The zero-order chi connectivity index (χ0) is 7.33. The van der Waals surface area contributed by atoms with Gasteiger partial charge < -0.3 is 10.2 Å². The first kappa shape index (κ1) is 8.48. The minimum atomic E-state index is -1.81. The third kappa shape index (κ3) is 7.48. The fourth-order valence-corrected chi connectivity index (χ4v) is 0.355. The van der Waals surface area contributed by atoms with Crippen molar-refractivity contribution in [3.8, 4) is 11.8 Å². The maximum Gasteiger partial charge on any atom is 0.225 e. The van der Waals surface area contributed by atoms with Gasteiger partial charge in [0.1, 0.15) is 0 Å². The molecule has 0 radical (unpaired) electrons. The number of unbranched alkanes of at least 4 members (excludes halogenated alkanes) is 1. The summed E-state index contributed by atoms with van der Waals surface area (Å²) in [7, 11) is 0. The molecule has 0 aromatic rings. The number of aliphatic hydroxyl groups is 2. The Morgan fingerprint density at radius 1 is 1.44 bits per heavy atom. The van der Waals surface area contributed by atoms with Crippen LogP contribution in [0.4, 0.5) is 0 Å². The molecule has 0 aliphatic rings. The molecular weight excluding hydrogens is 116 g/mol. The van der Waals surface area contributed by atoms with Gasteiger partial charge >= 0.3 is 0 Å². The van der Waals surface area contributed by atoms with Gasteiger partial charge in [0, 0.05) is 13.3 Å². The van der Waals surface area contributed by atoms with E-state index >= 15 is 0 Å². The van der Waals surface area contributed by atoms with Gasteiger partial charge in [0.05, 0.1) is 0 Å². The van der Waals surface area contributed by atoms with E-state index in [1.54, 1.807) is 0 Å². The highest BCUT2D eigenvalue weighted by molar-refractivity contribution is 5.06. The van der Waals surface area contributed by atoms with Crippen molar-refractivity contribution >= 4 is 0 Å². The fourth-order valence-electron chi connectivity index (χ4n) is 0.355. The molecule has 0 fully saturated rings. The van der Waals surface area contributed by atoms with Gasteiger partial charge in [0.15, 0.2) is 0 Å². The monoisotopic (exact) mass is 128 g/mol. The molecule has 0 saturated heterocycles. The highest BCUT2D eigenvalue weighted by atomic mass is 16.5. The summed E-state index contributed by atoms with van der Waals surface area (Å²) in [4.78, 5) is 0. The van der Waals surface area contributed by atoms with Crippen LogP contribution in [0.25, 0.3) is 0 Å². The van der Waals surface area contributed by atoms with Crippen LogP contribution < -0.4 is 0 Å². The van der Waals surface area contributed by atoms with E-state index in [2.05, 4.69) is 11.8 Å². The molecule has 2 N–H and O–H groups in total. The van der Waals surface area contributed by atoms with Crippen molar-refractivity contribution in [2.45, 2.75) is 32.5 Å². The Bertz CT molecular complexity index is 122. The largest absolute Gasteiger partial charge is 0.356 e. The van der Waals surface area contributed by atoms with E-state index in [0.717, 1.165) is 12.8 Å². The molecule has 0 amide bonds. The van der Waals surface area contributed by atoms with Gasteiger partial charge in [0.25, 0.3) is 0 Å². The summed E-state index contributed by atoms with van der Waals surface area (Å²) in [5.74, 6) is 3.10. The molecule has 0 aromatic heterocycles. The Kier molecular flexibility index (Phi) is 3.29. The van der Waals surface area contributed by atoms with Crippen LogP contribution in [0.1, 0.15) is 26.7 Å². The Balaban J connectivity index is 3.59. The van der Waals surface area contributed by atoms with E-state index in [9.17, 15) is 0 Å². The Hall–Kier alpha value is -0.520. The molecule has 0 aliphatic heterocycles. The van der Waals surface area contributed by atoms with Crippen LogP contribution in [0.5, 0.6) is 0 Å². The van der Waals surface area contributed by atoms with Crippen molar-refractivity contribution < 1.29 is 10.2 Å². The molecule has 9 heavy (non-hydrogen) atoms. The van der Waals surface area contributed by atoms with Crippen LogP contribution in [0.2, 0.25) is 0 Å². The summed E-state index contributed by atoms with van der Waals surface area (Å²) < 4.78 is 0. The van der Waals surface area contributed by atoms with Crippen LogP contribution >= 0.6 is 0 Å². The lowest BCUT2D eigenvalue weighted by Gasteiger charge is -2.03. The molecule has 2 heteroatoms. The Labute approximate surface area is 55.5 Å². The van der Waals surface area contributed by atoms with Gasteiger partial charge in [0.2, 0.25) is 5.79 Å². The third-order valence-corrected chi connectivity index (χ3v) is 0.700. The first-order valence-electron chi connectivity index (χ1n) is 3.01. The number of hydrogen-bond acceptors (Lipinski definition) is 2. The van der Waals surface area contributed by atoms with Crippen LogP contribution in [-0.4, -0.2) is 16.0 Å². The highest BCUT2D eigenvalue weighted by Gasteiger charge is 2.07. The molecule has 0 heterocycles. The lowest BCUT2D eigenvalue weighted by atomic mass is 10.3. The van der Waals surface area contributed by atoms with Crippen LogP contribution in [0.15, 0.2) is 0 Å². The van der Waals surface area contributed by atoms with Crippen molar-refractivity contribution in [3.05, 3.63) is 0 Å². The molecule has 0 aromatic carbocycles. The summed E-state index contributed by atoms with van der Waals surface area (Å²) in [6.45, 7) is 3.23. The van der Waals surface area contributed by atoms with E-state index in [1.165, 1.54) is 6.92 Å². The molecule has 0 unspecified atom stereocenters. The molecule has 0 rings (SSSR count). The molecule has 0 bridgehead atoms. The van der Waals surface area contributed by atoms with E-state index in [1.807, 2.05) is 6.92 Å². The average molecular weight is 128 g/mol. The Morgan fingerprint density at radius 2 is 2.00 bits per heavy atom. The molecule has 0 saturated carbocycles. The van der Waals surface area contributed by atoms with Crippen LogP contribution in [0, 0.1) is 11.8 Å². The molecule has 2 nitrogen and oxygen atoms in total. The number of rotatable bonds is 1. The summed E-state index contributed by atoms with van der Waals surface area (Å²) in [5.41, 5.74) is 0. The summed E-state index contributed by atoms with van der Waals surface area (Å²) in [6.07, 6.45) is 1.67. The number of hydrogen-bond donors (Lipinski definition) is 2. The van der Waals surface area contributed by atoms with Gasteiger partial charge in [-0.1, -0.05) is 12.8 Å². The summed E-state index contributed by atoms with van der Waals surface area (Å²) in [6, 6.07) is 0. The van der Waals surface area contributed by atoms with E-state index in [0.29, 0.717) is 0 Å². The topological polar surface area (TPSA) is 40.5 Å². The minimum Gasteiger partial charge on any atom is -0.356 e. The smallest absolute Gasteiger partial charge is 0.225 e. The molecule has 0 spiro atoms. The van der Waals surface area contributed by atoms with Gasteiger partial charge in [-0.25, -0.2) is 0 Å². The van der Waals surface area contributed by atoms with Crippen LogP contribution in [-0.2, 0) is 0 Å². The zero-order valence-electron chi connectivity index (χ0n) is 5.81. The van der Waals surface area contributed by atoms with E-state index in [4.69, 9.17) is 10.2 Å². The van der Waals surface area contributed by atoms with Gasteiger partial charge in [-0.15, -0.1) is 0 Å². The lowest BCUT2D eigenvalue weighted by molar-refractivity contribution is -0.0915. The fraction of sp³-hybridized carbons (Fsp3) is 0.714. The van der Waals surface area contributed by atoms with Crippen molar-refractivity contribution in [3.63, 3.8) is 0 Å². The maximum atomic E-state index is 8.63. The van der Waals surface area contributed by atoms with Gasteiger partial charge in [-0.05, 0) is 12.3 Å². The second-order valence-electron chi connectivity index (χ2n) is 2.07. The predicted octanol–water partition coefficient (Wildman–Crippen LogP) is 0.491. The average Bonchev–Trinajstić information content (AvgIpc) is 1.63. The SMILES string of the molecule is CCCC#CC(C)(O)O. The van der Waals surface area contributed by atoms with E-state index < -0.39 is 5.79 Å². The minimum absolute atomic E-state index is 0.719. The lowest BCUT2D eigenvalue weighted by Crippen LogP contribution is -2.19.